The number of thioether (sulfide) groups is 1. The zero-order chi connectivity index (χ0) is 14.5. The van der Waals surface area contributed by atoms with Crippen molar-refractivity contribution in [1.29, 1.82) is 0 Å². The first-order chi connectivity index (χ1) is 9.60. The fourth-order valence-electron chi connectivity index (χ4n) is 1.62. The maximum atomic E-state index is 10.7. The van der Waals surface area contributed by atoms with Crippen molar-refractivity contribution in [3.8, 4) is 0 Å². The third kappa shape index (κ3) is 3.82. The van der Waals surface area contributed by atoms with Gasteiger partial charge in [0.15, 0.2) is 0 Å². The van der Waals surface area contributed by atoms with Crippen LogP contribution in [0.15, 0.2) is 51.8 Å². The first-order valence-corrected chi connectivity index (χ1v) is 7.63. The lowest BCUT2D eigenvalue weighted by Crippen LogP contribution is -1.90. The van der Waals surface area contributed by atoms with Crippen molar-refractivity contribution >= 4 is 33.4 Å². The highest BCUT2D eigenvalue weighted by Gasteiger charge is 2.09. The fraction of sp³-hybridized carbons (Fsp3) is 0.143. The molecule has 0 heterocycles. The van der Waals surface area contributed by atoms with Gasteiger partial charge in [-0.05, 0) is 23.3 Å². The highest BCUT2D eigenvalue weighted by atomic mass is 79.9. The van der Waals surface area contributed by atoms with Crippen LogP contribution in [0, 0.1) is 10.1 Å². The summed E-state index contributed by atoms with van der Waals surface area (Å²) in [5.74, 6) is 0.719. The first kappa shape index (κ1) is 15.0. The van der Waals surface area contributed by atoms with E-state index < -0.39 is 4.92 Å². The van der Waals surface area contributed by atoms with Crippen molar-refractivity contribution in [1.82, 2.24) is 0 Å². The molecule has 4 nitrogen and oxygen atoms in total. The summed E-state index contributed by atoms with van der Waals surface area (Å²) in [5, 5.41) is 19.6. The van der Waals surface area contributed by atoms with Crippen molar-refractivity contribution in [2.24, 2.45) is 0 Å². The van der Waals surface area contributed by atoms with E-state index in [-0.39, 0.29) is 12.3 Å². The molecular weight excluding hydrogens is 342 g/mol. The molecule has 1 N–H and O–H groups in total. The Morgan fingerprint density at radius 1 is 1.20 bits per heavy atom. The smallest absolute Gasteiger partial charge is 0.270 e. The maximum absolute atomic E-state index is 10.7. The number of aliphatic hydroxyl groups excluding tert-OH is 1. The van der Waals surface area contributed by atoms with Gasteiger partial charge in [-0.3, -0.25) is 10.1 Å². The number of hydrogen-bond acceptors (Lipinski definition) is 4. The molecule has 0 unspecified atom stereocenters. The summed E-state index contributed by atoms with van der Waals surface area (Å²) in [6, 6.07) is 12.5. The third-order valence-electron chi connectivity index (χ3n) is 2.75. The summed E-state index contributed by atoms with van der Waals surface area (Å²) in [7, 11) is 0. The second kappa shape index (κ2) is 6.88. The van der Waals surface area contributed by atoms with E-state index in [1.807, 2.05) is 24.3 Å². The standard InChI is InChI=1S/C14H12BrNO3S/c15-14-7-12(16(18)19)4-3-11(14)9-20-13-5-1-10(8-17)2-6-13/h1-7,17H,8-9H2. The van der Waals surface area contributed by atoms with Crippen LogP contribution in [-0.2, 0) is 12.4 Å². The Hall–Kier alpha value is -1.37. The molecule has 0 amide bonds. The molecule has 0 radical (unpaired) electrons. The van der Waals surface area contributed by atoms with Crippen molar-refractivity contribution in [2.75, 3.05) is 0 Å². The molecule has 0 bridgehead atoms. The number of aliphatic hydroxyl groups is 1. The van der Waals surface area contributed by atoms with Gasteiger partial charge in [0.05, 0.1) is 11.5 Å². The molecule has 20 heavy (non-hydrogen) atoms. The predicted molar refractivity (Wildman–Crippen MR) is 82.7 cm³/mol. The number of rotatable bonds is 5. The van der Waals surface area contributed by atoms with Crippen molar-refractivity contribution < 1.29 is 10.0 Å². The number of nitro benzene ring substituents is 1. The lowest BCUT2D eigenvalue weighted by molar-refractivity contribution is -0.384. The number of nitrogens with zero attached hydrogens (tertiary/aromatic N) is 1. The van der Waals surface area contributed by atoms with Gasteiger partial charge < -0.3 is 5.11 Å². The summed E-state index contributed by atoms with van der Waals surface area (Å²) in [5.41, 5.74) is 1.97. The van der Waals surface area contributed by atoms with Gasteiger partial charge in [0.1, 0.15) is 0 Å². The normalized spacial score (nSPS) is 10.5. The molecule has 0 spiro atoms. The van der Waals surface area contributed by atoms with Crippen LogP contribution in [0.5, 0.6) is 0 Å². The molecule has 104 valence electrons. The highest BCUT2D eigenvalue weighted by Crippen LogP contribution is 2.29. The van der Waals surface area contributed by atoms with E-state index in [0.29, 0.717) is 0 Å². The van der Waals surface area contributed by atoms with Crippen molar-refractivity contribution in [2.45, 2.75) is 17.3 Å². The Bertz CT molecular complexity index is 616. The van der Waals surface area contributed by atoms with Crippen LogP contribution in [0.4, 0.5) is 5.69 Å². The van der Waals surface area contributed by atoms with Gasteiger partial charge in [0.2, 0.25) is 0 Å². The molecule has 2 rings (SSSR count). The molecule has 0 saturated heterocycles. The SMILES string of the molecule is O=[N+]([O-])c1ccc(CSc2ccc(CO)cc2)c(Br)c1. The van der Waals surface area contributed by atoms with E-state index in [1.54, 1.807) is 17.8 Å². The van der Waals surface area contributed by atoms with E-state index in [1.165, 1.54) is 12.1 Å². The van der Waals surface area contributed by atoms with E-state index >= 15 is 0 Å². The minimum absolute atomic E-state index is 0.0405. The summed E-state index contributed by atoms with van der Waals surface area (Å²) >= 11 is 5.00. The van der Waals surface area contributed by atoms with Crippen molar-refractivity contribution in [3.05, 3.63) is 68.2 Å². The van der Waals surface area contributed by atoms with Crippen LogP contribution in [0.1, 0.15) is 11.1 Å². The number of benzene rings is 2. The monoisotopic (exact) mass is 353 g/mol. The fourth-order valence-corrected chi connectivity index (χ4v) is 3.21. The molecule has 2 aromatic rings. The van der Waals surface area contributed by atoms with Gasteiger partial charge >= 0.3 is 0 Å². The van der Waals surface area contributed by atoms with E-state index in [2.05, 4.69) is 15.9 Å². The number of non-ortho nitro benzene ring substituents is 1. The largest absolute Gasteiger partial charge is 0.392 e. The molecule has 0 aliphatic heterocycles. The Kier molecular flexibility index (Phi) is 5.17. The Morgan fingerprint density at radius 3 is 2.45 bits per heavy atom. The summed E-state index contributed by atoms with van der Waals surface area (Å²) in [4.78, 5) is 11.3. The van der Waals surface area contributed by atoms with Gasteiger partial charge in [-0.1, -0.05) is 34.1 Å². The van der Waals surface area contributed by atoms with Gasteiger partial charge in [0.25, 0.3) is 5.69 Å². The number of hydrogen-bond donors (Lipinski definition) is 1. The predicted octanol–water partition coefficient (Wildman–Crippen LogP) is 4.14. The maximum Gasteiger partial charge on any atom is 0.270 e. The van der Waals surface area contributed by atoms with E-state index in [0.717, 1.165) is 26.2 Å². The summed E-state index contributed by atoms with van der Waals surface area (Å²) in [6.45, 7) is 0.0405. The molecular formula is C14H12BrNO3S. The molecule has 0 aromatic heterocycles. The Balaban J connectivity index is 2.04. The number of nitro groups is 1. The third-order valence-corrected chi connectivity index (χ3v) is 4.55. The van der Waals surface area contributed by atoms with Crippen LogP contribution < -0.4 is 0 Å². The van der Waals surface area contributed by atoms with Gasteiger partial charge in [0, 0.05) is 27.3 Å². The molecule has 6 heteroatoms. The average Bonchev–Trinajstić information content (AvgIpc) is 2.46. The lowest BCUT2D eigenvalue weighted by Gasteiger charge is -2.05. The van der Waals surface area contributed by atoms with E-state index in [4.69, 9.17) is 5.11 Å². The quantitative estimate of drug-likeness (QED) is 0.498. The van der Waals surface area contributed by atoms with Gasteiger partial charge in [-0.25, -0.2) is 0 Å². The van der Waals surface area contributed by atoms with E-state index in [9.17, 15) is 10.1 Å². The molecule has 0 saturated carbocycles. The second-order valence-corrected chi connectivity index (χ2v) is 6.03. The number of halogens is 1. The first-order valence-electron chi connectivity index (χ1n) is 5.85. The topological polar surface area (TPSA) is 63.4 Å². The van der Waals surface area contributed by atoms with Crippen LogP contribution >= 0.6 is 27.7 Å². The molecule has 0 atom stereocenters. The minimum atomic E-state index is -0.407. The summed E-state index contributed by atoms with van der Waals surface area (Å²) < 4.78 is 0.742. The highest BCUT2D eigenvalue weighted by molar-refractivity contribution is 9.10. The van der Waals surface area contributed by atoms with Gasteiger partial charge in [-0.2, -0.15) is 0 Å². The summed E-state index contributed by atoms with van der Waals surface area (Å²) in [6.07, 6.45) is 0. The van der Waals surface area contributed by atoms with Crippen molar-refractivity contribution in [3.63, 3.8) is 0 Å². The second-order valence-electron chi connectivity index (χ2n) is 4.12. The molecule has 0 aliphatic rings. The molecule has 0 fully saturated rings. The minimum Gasteiger partial charge on any atom is -0.392 e. The van der Waals surface area contributed by atoms with Crippen LogP contribution in [0.25, 0.3) is 0 Å². The lowest BCUT2D eigenvalue weighted by atomic mass is 10.2. The molecule has 2 aromatic carbocycles. The zero-order valence-electron chi connectivity index (χ0n) is 10.5. The van der Waals surface area contributed by atoms with Crippen LogP contribution in [0.3, 0.4) is 0 Å². The zero-order valence-corrected chi connectivity index (χ0v) is 12.9. The van der Waals surface area contributed by atoms with Gasteiger partial charge in [-0.15, -0.1) is 11.8 Å². The Morgan fingerprint density at radius 2 is 1.90 bits per heavy atom. The Labute approximate surface area is 129 Å². The van der Waals surface area contributed by atoms with Crippen LogP contribution in [-0.4, -0.2) is 10.0 Å². The average molecular weight is 354 g/mol. The van der Waals surface area contributed by atoms with Crippen LogP contribution in [0.2, 0.25) is 0 Å². The molecule has 0 aliphatic carbocycles.